The van der Waals surface area contributed by atoms with Gasteiger partial charge in [0.2, 0.25) is 0 Å². The van der Waals surface area contributed by atoms with E-state index in [1.807, 2.05) is 30.3 Å². The van der Waals surface area contributed by atoms with Crippen molar-refractivity contribution in [1.29, 1.82) is 0 Å². The fourth-order valence-corrected chi connectivity index (χ4v) is 2.03. The van der Waals surface area contributed by atoms with Crippen molar-refractivity contribution >= 4 is 5.78 Å². The lowest BCUT2D eigenvalue weighted by Gasteiger charge is -2.26. The first-order valence-corrected chi connectivity index (χ1v) is 6.46. The number of rotatable bonds is 8. The third kappa shape index (κ3) is 4.98. The van der Waals surface area contributed by atoms with Crippen molar-refractivity contribution in [3.8, 4) is 0 Å². The van der Waals surface area contributed by atoms with Crippen molar-refractivity contribution in [3.63, 3.8) is 0 Å². The van der Waals surface area contributed by atoms with Gasteiger partial charge in [0.25, 0.3) is 0 Å². The maximum atomic E-state index is 12.0. The summed E-state index contributed by atoms with van der Waals surface area (Å²) in [6.45, 7) is 6.18. The second kappa shape index (κ2) is 8.01. The summed E-state index contributed by atoms with van der Waals surface area (Å²) in [6, 6.07) is 10.2. The summed E-state index contributed by atoms with van der Waals surface area (Å²) in [7, 11) is 1.69. The van der Waals surface area contributed by atoms with Crippen LogP contribution in [0.1, 0.15) is 19.4 Å². The normalized spacial score (nSPS) is 12.7. The predicted octanol–water partition coefficient (Wildman–Crippen LogP) is 2.16. The van der Waals surface area contributed by atoms with Crippen molar-refractivity contribution in [2.24, 2.45) is 0 Å². The van der Waals surface area contributed by atoms with E-state index in [2.05, 4.69) is 18.7 Å². The Morgan fingerprint density at radius 2 is 2.00 bits per heavy atom. The molecule has 3 heteroatoms. The van der Waals surface area contributed by atoms with Crippen molar-refractivity contribution in [1.82, 2.24) is 4.90 Å². The Morgan fingerprint density at radius 1 is 1.33 bits per heavy atom. The van der Waals surface area contributed by atoms with Crippen LogP contribution in [0.4, 0.5) is 0 Å². The van der Waals surface area contributed by atoms with E-state index in [0.717, 1.165) is 12.1 Å². The smallest absolute Gasteiger partial charge is 0.151 e. The summed E-state index contributed by atoms with van der Waals surface area (Å²) in [4.78, 5) is 14.2. The minimum atomic E-state index is 0.256. The van der Waals surface area contributed by atoms with E-state index in [0.29, 0.717) is 19.6 Å². The number of hydrogen-bond acceptors (Lipinski definition) is 3. The number of ketones is 1. The van der Waals surface area contributed by atoms with E-state index in [9.17, 15) is 4.79 Å². The van der Waals surface area contributed by atoms with Crippen LogP contribution < -0.4 is 0 Å². The fourth-order valence-electron chi connectivity index (χ4n) is 2.03. The largest absolute Gasteiger partial charge is 0.383 e. The predicted molar refractivity (Wildman–Crippen MR) is 73.7 cm³/mol. The van der Waals surface area contributed by atoms with E-state index >= 15 is 0 Å². The van der Waals surface area contributed by atoms with Crippen LogP contribution in [0.25, 0.3) is 0 Å². The van der Waals surface area contributed by atoms with Crippen LogP contribution in [0.3, 0.4) is 0 Å². The third-order valence-corrected chi connectivity index (χ3v) is 3.06. The molecule has 0 saturated heterocycles. The van der Waals surface area contributed by atoms with Gasteiger partial charge in [0.05, 0.1) is 13.2 Å². The molecular weight excluding hydrogens is 226 g/mol. The van der Waals surface area contributed by atoms with Gasteiger partial charge < -0.3 is 4.74 Å². The molecule has 0 saturated carbocycles. The van der Waals surface area contributed by atoms with Gasteiger partial charge in [0.1, 0.15) is 0 Å². The number of carbonyl (C=O) groups excluding carboxylic acids is 1. The van der Waals surface area contributed by atoms with Gasteiger partial charge in [-0.1, -0.05) is 37.3 Å². The first-order chi connectivity index (χ1) is 8.67. The van der Waals surface area contributed by atoms with Gasteiger partial charge in [-0.3, -0.25) is 9.69 Å². The summed E-state index contributed by atoms with van der Waals surface area (Å²) in [5.74, 6) is 0.256. The quantitative estimate of drug-likeness (QED) is 0.707. The Bertz CT molecular complexity index is 351. The average Bonchev–Trinajstić information content (AvgIpc) is 2.37. The Balaban J connectivity index is 2.47. The molecule has 0 fully saturated rings. The van der Waals surface area contributed by atoms with Crippen LogP contribution in [0.5, 0.6) is 0 Å². The highest BCUT2D eigenvalue weighted by atomic mass is 16.5. The first kappa shape index (κ1) is 14.9. The Morgan fingerprint density at radius 3 is 2.56 bits per heavy atom. The van der Waals surface area contributed by atoms with Gasteiger partial charge in [-0.2, -0.15) is 0 Å². The Hall–Kier alpha value is -1.19. The standard InChI is InChI=1S/C15H23NO2/c1-4-16(13(2)12-18-3)11-15(17)10-14-8-6-5-7-9-14/h5-9,13H,4,10-12H2,1-3H3. The van der Waals surface area contributed by atoms with Gasteiger partial charge in [-0.15, -0.1) is 0 Å². The van der Waals surface area contributed by atoms with Crippen molar-refractivity contribution < 1.29 is 9.53 Å². The molecule has 0 aliphatic heterocycles. The Kier molecular flexibility index (Phi) is 6.61. The zero-order valence-electron chi connectivity index (χ0n) is 11.6. The number of methoxy groups -OCH3 is 1. The van der Waals surface area contributed by atoms with E-state index in [4.69, 9.17) is 4.74 Å². The number of Topliss-reactive ketones (excluding diaryl/α,β-unsaturated/α-hetero) is 1. The van der Waals surface area contributed by atoms with Crippen LogP contribution in [0, 0.1) is 0 Å². The lowest BCUT2D eigenvalue weighted by atomic mass is 10.1. The molecule has 0 heterocycles. The maximum Gasteiger partial charge on any atom is 0.151 e. The third-order valence-electron chi connectivity index (χ3n) is 3.06. The molecule has 1 atom stereocenters. The number of nitrogens with zero attached hydrogens (tertiary/aromatic N) is 1. The molecule has 0 N–H and O–H groups in total. The van der Waals surface area contributed by atoms with E-state index in [1.165, 1.54) is 0 Å². The van der Waals surface area contributed by atoms with E-state index < -0.39 is 0 Å². The zero-order valence-corrected chi connectivity index (χ0v) is 11.6. The lowest BCUT2D eigenvalue weighted by Crippen LogP contribution is -2.40. The molecule has 1 aromatic carbocycles. The highest BCUT2D eigenvalue weighted by Crippen LogP contribution is 2.04. The average molecular weight is 249 g/mol. The van der Waals surface area contributed by atoms with Crippen LogP contribution >= 0.6 is 0 Å². The van der Waals surface area contributed by atoms with Gasteiger partial charge in [0, 0.05) is 19.6 Å². The summed E-state index contributed by atoms with van der Waals surface area (Å²) < 4.78 is 5.13. The molecule has 0 aliphatic carbocycles. The molecule has 1 aromatic rings. The van der Waals surface area contributed by atoms with Crippen LogP contribution in [-0.4, -0.2) is 43.5 Å². The van der Waals surface area contributed by atoms with Crippen LogP contribution in [0.2, 0.25) is 0 Å². The molecule has 0 bridgehead atoms. The van der Waals surface area contributed by atoms with E-state index in [1.54, 1.807) is 7.11 Å². The fraction of sp³-hybridized carbons (Fsp3) is 0.533. The second-order valence-electron chi connectivity index (χ2n) is 4.57. The first-order valence-electron chi connectivity index (χ1n) is 6.46. The highest BCUT2D eigenvalue weighted by molar-refractivity contribution is 5.82. The summed E-state index contributed by atoms with van der Waals surface area (Å²) in [6.07, 6.45) is 0.511. The SMILES string of the molecule is CCN(CC(=O)Cc1ccccc1)C(C)COC. The van der Waals surface area contributed by atoms with Crippen molar-refractivity contribution in [2.45, 2.75) is 26.3 Å². The minimum absolute atomic E-state index is 0.256. The number of benzene rings is 1. The summed E-state index contributed by atoms with van der Waals surface area (Å²) in [5, 5.41) is 0. The number of carbonyl (C=O) groups is 1. The molecule has 0 amide bonds. The van der Waals surface area contributed by atoms with Gasteiger partial charge in [0.15, 0.2) is 5.78 Å². The maximum absolute atomic E-state index is 12.0. The molecule has 0 aliphatic rings. The molecule has 1 rings (SSSR count). The Labute approximate surface area is 110 Å². The van der Waals surface area contributed by atoms with Gasteiger partial charge in [-0.25, -0.2) is 0 Å². The molecule has 1 unspecified atom stereocenters. The van der Waals surface area contributed by atoms with Crippen LogP contribution in [-0.2, 0) is 16.0 Å². The topological polar surface area (TPSA) is 29.5 Å². The van der Waals surface area contributed by atoms with Crippen LogP contribution in [0.15, 0.2) is 30.3 Å². The molecular formula is C15H23NO2. The molecule has 3 nitrogen and oxygen atoms in total. The molecule has 0 spiro atoms. The molecule has 0 radical (unpaired) electrons. The monoisotopic (exact) mass is 249 g/mol. The minimum Gasteiger partial charge on any atom is -0.383 e. The summed E-state index contributed by atoms with van der Waals surface area (Å²) in [5.41, 5.74) is 1.08. The molecule has 100 valence electrons. The number of ether oxygens (including phenoxy) is 1. The van der Waals surface area contributed by atoms with E-state index in [-0.39, 0.29) is 11.8 Å². The van der Waals surface area contributed by atoms with Gasteiger partial charge >= 0.3 is 0 Å². The van der Waals surface area contributed by atoms with Crippen molar-refractivity contribution in [2.75, 3.05) is 26.8 Å². The molecule has 18 heavy (non-hydrogen) atoms. The zero-order chi connectivity index (χ0) is 13.4. The number of likely N-dealkylation sites (N-methyl/N-ethyl adjacent to an activating group) is 1. The summed E-state index contributed by atoms with van der Waals surface area (Å²) >= 11 is 0. The van der Waals surface area contributed by atoms with Crippen molar-refractivity contribution in [3.05, 3.63) is 35.9 Å². The molecule has 0 aromatic heterocycles. The van der Waals surface area contributed by atoms with Gasteiger partial charge in [-0.05, 0) is 19.0 Å². The second-order valence-corrected chi connectivity index (χ2v) is 4.57. The lowest BCUT2D eigenvalue weighted by molar-refractivity contribution is -0.120. The highest BCUT2D eigenvalue weighted by Gasteiger charge is 2.15. The number of hydrogen-bond donors (Lipinski definition) is 0.